The van der Waals surface area contributed by atoms with Crippen LogP contribution in [0, 0.1) is 5.92 Å². The highest BCUT2D eigenvalue weighted by molar-refractivity contribution is 9.10. The van der Waals surface area contributed by atoms with E-state index in [1.165, 1.54) is 0 Å². The fourth-order valence-electron chi connectivity index (χ4n) is 1.96. The van der Waals surface area contributed by atoms with Crippen LogP contribution in [0.5, 0.6) is 0 Å². The van der Waals surface area contributed by atoms with Crippen molar-refractivity contribution in [3.8, 4) is 0 Å². The Bertz CT molecular complexity index is 489. The number of nitrogens with one attached hydrogen (secondary N) is 1. The molecule has 102 valence electrons. The average Bonchev–Trinajstić information content (AvgIpc) is 2.36. The summed E-state index contributed by atoms with van der Waals surface area (Å²) in [5, 5.41) is 2.87. The van der Waals surface area contributed by atoms with Crippen LogP contribution in [0.3, 0.4) is 0 Å². The molecule has 0 spiro atoms. The molecule has 1 aliphatic heterocycles. The summed E-state index contributed by atoms with van der Waals surface area (Å²) in [6.07, 6.45) is 0. The average molecular weight is 346 g/mol. The predicted molar refractivity (Wildman–Crippen MR) is 77.3 cm³/mol. The van der Waals surface area contributed by atoms with E-state index in [4.69, 9.17) is 11.6 Å². The summed E-state index contributed by atoms with van der Waals surface area (Å²) in [6.45, 7) is 1.92. The summed E-state index contributed by atoms with van der Waals surface area (Å²) in [5.74, 6) is 0.208. The number of hydrogen-bond donors (Lipinski definition) is 1. The first-order valence-electron chi connectivity index (χ1n) is 5.97. The highest BCUT2D eigenvalue weighted by Gasteiger charge is 2.29. The van der Waals surface area contributed by atoms with Crippen molar-refractivity contribution in [2.24, 2.45) is 5.92 Å². The molecule has 1 aromatic rings. The Morgan fingerprint density at radius 1 is 1.42 bits per heavy atom. The summed E-state index contributed by atoms with van der Waals surface area (Å²) >= 11 is 8.79. The fourth-order valence-corrected chi connectivity index (χ4v) is 2.52. The van der Waals surface area contributed by atoms with Crippen molar-refractivity contribution < 1.29 is 9.59 Å². The van der Waals surface area contributed by atoms with E-state index >= 15 is 0 Å². The van der Waals surface area contributed by atoms with Crippen LogP contribution in [-0.4, -0.2) is 42.2 Å². The number of carbonyl (C=O) groups excluding carboxylic acids is 2. The molecule has 0 aliphatic carbocycles. The minimum atomic E-state index is -0.0941. The van der Waals surface area contributed by atoms with Gasteiger partial charge >= 0.3 is 0 Å². The second-order valence-corrected chi connectivity index (χ2v) is 5.70. The third kappa shape index (κ3) is 3.70. The maximum atomic E-state index is 11.9. The summed E-state index contributed by atoms with van der Waals surface area (Å²) in [4.78, 5) is 24.8. The maximum absolute atomic E-state index is 11.9. The van der Waals surface area contributed by atoms with Crippen LogP contribution in [0.1, 0.15) is 10.4 Å². The van der Waals surface area contributed by atoms with Crippen LogP contribution >= 0.6 is 27.5 Å². The SMILES string of the molecule is O=C(NCC1CN(C(=O)CCl)C1)c1cccc(Br)c1. The summed E-state index contributed by atoms with van der Waals surface area (Å²) in [7, 11) is 0. The molecule has 1 fully saturated rings. The van der Waals surface area contributed by atoms with Crippen molar-refractivity contribution in [3.63, 3.8) is 0 Å². The summed E-state index contributed by atoms with van der Waals surface area (Å²) in [6, 6.07) is 7.24. The lowest BCUT2D eigenvalue weighted by atomic mass is 10.00. The van der Waals surface area contributed by atoms with Gasteiger partial charge in [-0.2, -0.15) is 0 Å². The minimum absolute atomic E-state index is 0.0249. The zero-order chi connectivity index (χ0) is 13.8. The number of nitrogens with zero attached hydrogens (tertiary/aromatic N) is 1. The van der Waals surface area contributed by atoms with Gasteiger partial charge < -0.3 is 10.2 Å². The lowest BCUT2D eigenvalue weighted by molar-refractivity contribution is -0.134. The molecular formula is C13H14BrClN2O2. The molecule has 1 heterocycles. The zero-order valence-corrected chi connectivity index (χ0v) is 12.6. The first-order valence-corrected chi connectivity index (χ1v) is 7.30. The van der Waals surface area contributed by atoms with Crippen LogP contribution < -0.4 is 5.32 Å². The molecule has 0 saturated carbocycles. The van der Waals surface area contributed by atoms with Crippen LogP contribution in [0.4, 0.5) is 0 Å². The monoisotopic (exact) mass is 344 g/mol. The van der Waals surface area contributed by atoms with Crippen molar-refractivity contribution in [2.45, 2.75) is 0 Å². The van der Waals surface area contributed by atoms with Gasteiger partial charge in [-0.3, -0.25) is 9.59 Å². The minimum Gasteiger partial charge on any atom is -0.352 e. The van der Waals surface area contributed by atoms with Gasteiger partial charge in [0.2, 0.25) is 5.91 Å². The van der Waals surface area contributed by atoms with E-state index in [0.717, 1.165) is 4.47 Å². The Kier molecular flexibility index (Phi) is 4.82. The van der Waals surface area contributed by atoms with Gasteiger partial charge in [-0.1, -0.05) is 22.0 Å². The molecule has 0 unspecified atom stereocenters. The van der Waals surface area contributed by atoms with Crippen molar-refractivity contribution in [1.82, 2.24) is 10.2 Å². The topological polar surface area (TPSA) is 49.4 Å². The number of carbonyl (C=O) groups is 2. The first-order chi connectivity index (χ1) is 9.10. The Morgan fingerprint density at radius 2 is 2.16 bits per heavy atom. The van der Waals surface area contributed by atoms with Crippen LogP contribution in [0.25, 0.3) is 0 Å². The van der Waals surface area contributed by atoms with Crippen molar-refractivity contribution in [1.29, 1.82) is 0 Å². The van der Waals surface area contributed by atoms with E-state index in [2.05, 4.69) is 21.2 Å². The standard InChI is InChI=1S/C13H14BrClN2O2/c14-11-3-1-2-10(4-11)13(19)16-6-9-7-17(8-9)12(18)5-15/h1-4,9H,5-8H2,(H,16,19). The normalized spacial score (nSPS) is 14.9. The van der Waals surface area contributed by atoms with Gasteiger partial charge in [-0.25, -0.2) is 0 Å². The van der Waals surface area contributed by atoms with Gasteiger partial charge in [0.1, 0.15) is 5.88 Å². The zero-order valence-electron chi connectivity index (χ0n) is 10.2. The number of benzene rings is 1. The second-order valence-electron chi connectivity index (χ2n) is 4.52. The summed E-state index contributed by atoms with van der Waals surface area (Å²) < 4.78 is 0.877. The van der Waals surface area contributed by atoms with Crippen LogP contribution in [0.15, 0.2) is 28.7 Å². The number of amides is 2. The molecule has 6 heteroatoms. The molecule has 1 aromatic carbocycles. The number of likely N-dealkylation sites (tertiary alicyclic amines) is 1. The molecule has 0 radical (unpaired) electrons. The first kappa shape index (κ1) is 14.3. The lowest BCUT2D eigenvalue weighted by Crippen LogP contribution is -2.54. The number of hydrogen-bond acceptors (Lipinski definition) is 2. The Labute approximate surface area is 125 Å². The Hall–Kier alpha value is -1.07. The van der Waals surface area contributed by atoms with Gasteiger partial charge in [0.15, 0.2) is 0 Å². The molecule has 1 saturated heterocycles. The third-order valence-electron chi connectivity index (χ3n) is 3.06. The highest BCUT2D eigenvalue weighted by Crippen LogP contribution is 2.16. The molecule has 1 aliphatic rings. The van der Waals surface area contributed by atoms with E-state index < -0.39 is 0 Å². The van der Waals surface area contributed by atoms with Gasteiger partial charge in [-0.05, 0) is 18.2 Å². The summed E-state index contributed by atoms with van der Waals surface area (Å²) in [5.41, 5.74) is 0.627. The molecule has 0 atom stereocenters. The number of alkyl halides is 1. The second kappa shape index (κ2) is 6.39. The predicted octanol–water partition coefficient (Wildman–Crippen LogP) is 1.88. The lowest BCUT2D eigenvalue weighted by Gasteiger charge is -2.39. The van der Waals surface area contributed by atoms with E-state index in [1.807, 2.05) is 12.1 Å². The van der Waals surface area contributed by atoms with Crippen molar-refractivity contribution in [2.75, 3.05) is 25.5 Å². The van der Waals surface area contributed by atoms with E-state index in [9.17, 15) is 9.59 Å². The van der Waals surface area contributed by atoms with E-state index in [-0.39, 0.29) is 17.7 Å². The Balaban J connectivity index is 1.75. The quantitative estimate of drug-likeness (QED) is 0.847. The van der Waals surface area contributed by atoms with Crippen LogP contribution in [0.2, 0.25) is 0 Å². The molecule has 4 nitrogen and oxygen atoms in total. The fraction of sp³-hybridized carbons (Fsp3) is 0.385. The van der Waals surface area contributed by atoms with Crippen LogP contribution in [-0.2, 0) is 4.79 Å². The van der Waals surface area contributed by atoms with Crippen molar-refractivity contribution >= 4 is 39.3 Å². The number of halogens is 2. The largest absolute Gasteiger partial charge is 0.352 e. The molecular weight excluding hydrogens is 332 g/mol. The molecule has 2 rings (SSSR count). The van der Waals surface area contributed by atoms with Gasteiger partial charge in [0.05, 0.1) is 0 Å². The van der Waals surface area contributed by atoms with E-state index in [0.29, 0.717) is 31.1 Å². The molecule has 19 heavy (non-hydrogen) atoms. The number of rotatable bonds is 4. The van der Waals surface area contributed by atoms with Gasteiger partial charge in [0.25, 0.3) is 5.91 Å². The molecule has 2 amide bonds. The van der Waals surface area contributed by atoms with Gasteiger partial charge in [-0.15, -0.1) is 11.6 Å². The molecule has 1 N–H and O–H groups in total. The molecule has 0 bridgehead atoms. The maximum Gasteiger partial charge on any atom is 0.251 e. The van der Waals surface area contributed by atoms with Gasteiger partial charge in [0, 0.05) is 35.6 Å². The third-order valence-corrected chi connectivity index (χ3v) is 3.78. The smallest absolute Gasteiger partial charge is 0.251 e. The highest BCUT2D eigenvalue weighted by atomic mass is 79.9. The Morgan fingerprint density at radius 3 is 2.79 bits per heavy atom. The van der Waals surface area contributed by atoms with E-state index in [1.54, 1.807) is 17.0 Å². The molecule has 0 aromatic heterocycles. The van der Waals surface area contributed by atoms with Crippen molar-refractivity contribution in [3.05, 3.63) is 34.3 Å².